The van der Waals surface area contributed by atoms with Crippen LogP contribution in [-0.2, 0) is 26.5 Å². The van der Waals surface area contributed by atoms with E-state index in [0.29, 0.717) is 29.0 Å². The number of ether oxygens (including phenoxy) is 1. The van der Waals surface area contributed by atoms with Crippen LogP contribution >= 0.6 is 0 Å². The van der Waals surface area contributed by atoms with Crippen LogP contribution in [-0.4, -0.2) is 61.4 Å². The highest BCUT2D eigenvalue weighted by molar-refractivity contribution is 6.72. The number of nitrogens with one attached hydrogen (secondary N) is 1. The van der Waals surface area contributed by atoms with E-state index >= 15 is 4.11 Å². The lowest BCUT2D eigenvalue weighted by Crippen LogP contribution is -2.45. The van der Waals surface area contributed by atoms with E-state index in [4.69, 9.17) is 4.74 Å². The Balaban J connectivity index is 1.26. The van der Waals surface area contributed by atoms with Crippen LogP contribution in [0.4, 0.5) is 15.5 Å². The van der Waals surface area contributed by atoms with Gasteiger partial charge in [0.15, 0.2) is 5.60 Å². The molecular formula is C35H40FN3O5Si. The number of likely N-dealkylation sites (tertiary alicyclic amines) is 1. The Morgan fingerprint density at radius 3 is 2.42 bits per heavy atom. The fraction of sp³-hybridized carbons (Fsp3) is 0.400. The Morgan fingerprint density at radius 1 is 1.04 bits per heavy atom. The molecule has 0 saturated carbocycles. The third kappa shape index (κ3) is 5.60. The van der Waals surface area contributed by atoms with Gasteiger partial charge in [-0.25, -0.2) is 0 Å². The number of hydrogen-bond acceptors (Lipinski definition) is 5. The summed E-state index contributed by atoms with van der Waals surface area (Å²) >= 11 is 0. The van der Waals surface area contributed by atoms with Crippen molar-refractivity contribution >= 4 is 37.5 Å². The van der Waals surface area contributed by atoms with Crippen molar-refractivity contribution < 1.29 is 28.3 Å². The number of carbonyl (C=O) groups is 3. The third-order valence-corrected chi connectivity index (χ3v) is 12.2. The molecule has 8 nitrogen and oxygen atoms in total. The summed E-state index contributed by atoms with van der Waals surface area (Å²) in [5.74, 6) is -1.13. The van der Waals surface area contributed by atoms with E-state index in [9.17, 15) is 19.5 Å². The maximum atomic E-state index is 16.1. The first kappa shape index (κ1) is 31.1. The second-order valence-electron chi connectivity index (χ2n) is 13.0. The van der Waals surface area contributed by atoms with Gasteiger partial charge in [0.25, 0.3) is 11.8 Å². The van der Waals surface area contributed by atoms with Crippen molar-refractivity contribution in [2.75, 3.05) is 23.4 Å². The molecule has 3 aromatic carbocycles. The number of rotatable bonds is 8. The van der Waals surface area contributed by atoms with Gasteiger partial charge in [-0.3, -0.25) is 14.4 Å². The van der Waals surface area contributed by atoms with Crippen LogP contribution in [0.5, 0.6) is 0 Å². The van der Waals surface area contributed by atoms with Crippen molar-refractivity contribution in [2.24, 2.45) is 5.92 Å². The number of amides is 3. The van der Waals surface area contributed by atoms with E-state index in [1.54, 1.807) is 47.2 Å². The van der Waals surface area contributed by atoms with Crippen LogP contribution < -0.4 is 10.2 Å². The first-order chi connectivity index (χ1) is 21.5. The molecule has 3 amide bonds. The summed E-state index contributed by atoms with van der Waals surface area (Å²) in [5.41, 5.74) is 1.46. The van der Waals surface area contributed by atoms with E-state index in [1.165, 1.54) is 0 Å². The second kappa shape index (κ2) is 12.1. The first-order valence-corrected chi connectivity index (χ1v) is 18.6. The van der Waals surface area contributed by atoms with E-state index in [-0.39, 0.29) is 43.3 Å². The number of carbonyl (C=O) groups excluding carboxylic acids is 3. The molecule has 3 aliphatic heterocycles. The third-order valence-electron chi connectivity index (χ3n) is 9.74. The highest BCUT2D eigenvalue weighted by Gasteiger charge is 2.67. The molecule has 10 heteroatoms. The summed E-state index contributed by atoms with van der Waals surface area (Å²) in [6, 6.07) is 23.6. The average Bonchev–Trinajstić information content (AvgIpc) is 3.69. The molecule has 6 rings (SSSR count). The number of para-hydroxylation sites is 1. The molecule has 1 spiro atoms. The molecule has 2 N–H and O–H groups in total. The van der Waals surface area contributed by atoms with Crippen molar-refractivity contribution in [1.29, 1.82) is 0 Å². The van der Waals surface area contributed by atoms with Crippen molar-refractivity contribution in [2.45, 2.75) is 69.1 Å². The molecule has 3 aromatic rings. The lowest BCUT2D eigenvalue weighted by Gasteiger charge is -2.31. The summed E-state index contributed by atoms with van der Waals surface area (Å²) in [6.07, 6.45) is 0.765. The van der Waals surface area contributed by atoms with Gasteiger partial charge in [0, 0.05) is 34.8 Å². The lowest BCUT2D eigenvalue weighted by atomic mass is 9.82. The molecule has 0 aliphatic carbocycles. The first-order valence-electron chi connectivity index (χ1n) is 15.7. The van der Waals surface area contributed by atoms with Gasteiger partial charge >= 0.3 is 0 Å². The summed E-state index contributed by atoms with van der Waals surface area (Å²) in [6.45, 7) is 5.85. The fourth-order valence-electron chi connectivity index (χ4n) is 7.67. The summed E-state index contributed by atoms with van der Waals surface area (Å²) in [5, 5.41) is 12.7. The number of nitrogens with zero attached hydrogens (tertiary/aromatic N) is 2. The molecule has 0 bridgehead atoms. The molecule has 236 valence electrons. The smallest absolute Gasteiger partial charge is 0.264 e. The van der Waals surface area contributed by atoms with Gasteiger partial charge in [0.05, 0.1) is 37.4 Å². The lowest BCUT2D eigenvalue weighted by molar-refractivity contribution is -0.150. The molecule has 0 radical (unpaired) electrons. The van der Waals surface area contributed by atoms with Crippen LogP contribution in [0.1, 0.15) is 47.7 Å². The zero-order valence-corrected chi connectivity index (χ0v) is 26.9. The molecule has 0 aromatic heterocycles. The molecule has 45 heavy (non-hydrogen) atoms. The molecule has 5 atom stereocenters. The van der Waals surface area contributed by atoms with E-state index < -0.39 is 31.6 Å². The predicted octanol–water partition coefficient (Wildman–Crippen LogP) is 5.63. The van der Waals surface area contributed by atoms with Gasteiger partial charge in [0.1, 0.15) is 0 Å². The van der Waals surface area contributed by atoms with Gasteiger partial charge in [0.2, 0.25) is 14.3 Å². The SMILES string of the molecule is C[C@@H]1[C@@H]([Si](C)(C)F)[C@H](CC(=O)N2CCC[C@H]2CO)O[C@@]12C(=O)N(Cc1ccc(NC(=O)c3ccccc3)cc1)c1ccccc12. The minimum Gasteiger partial charge on any atom is -0.394 e. The number of aliphatic hydroxyl groups excluding tert-OH is 1. The molecule has 0 unspecified atom stereocenters. The predicted molar refractivity (Wildman–Crippen MR) is 173 cm³/mol. The standard InChI is InChI=1S/C35H40FN3O5Si/c1-23-32(45(2,3)36)30(20-31(41)38-19-9-12-27(38)22-40)44-35(23)28-13-7-8-14-29(28)39(34(35)43)21-24-15-17-26(18-16-24)37-33(42)25-10-5-4-6-11-25/h4-8,10-11,13-18,23,27,30,32,40H,9,12,19-22H2,1-3H3,(H,37,42)/t23-,27+,30+,32-,35+/m1/s1. The number of aliphatic hydroxyl groups is 1. The minimum atomic E-state index is -3.42. The van der Waals surface area contributed by atoms with Crippen LogP contribution in [0.15, 0.2) is 78.9 Å². The summed E-state index contributed by atoms with van der Waals surface area (Å²) in [4.78, 5) is 44.0. The summed E-state index contributed by atoms with van der Waals surface area (Å²) in [7, 11) is -3.42. The fourth-order valence-corrected chi connectivity index (χ4v) is 10.2. The van der Waals surface area contributed by atoms with Crippen LogP contribution in [0, 0.1) is 5.92 Å². The van der Waals surface area contributed by atoms with Gasteiger partial charge in [-0.05, 0) is 61.8 Å². The second-order valence-corrected chi connectivity index (χ2v) is 16.8. The Morgan fingerprint density at radius 2 is 1.73 bits per heavy atom. The van der Waals surface area contributed by atoms with Crippen molar-refractivity contribution in [3.8, 4) is 0 Å². The number of halogens is 1. The zero-order chi connectivity index (χ0) is 31.9. The molecule has 3 aliphatic rings. The Hall–Kier alpha value is -3.86. The highest BCUT2D eigenvalue weighted by Crippen LogP contribution is 2.60. The maximum Gasteiger partial charge on any atom is 0.264 e. The normalized spacial score (nSPS) is 26.0. The molecule has 3 heterocycles. The van der Waals surface area contributed by atoms with Gasteiger partial charge < -0.3 is 29.1 Å². The van der Waals surface area contributed by atoms with Gasteiger partial charge in [-0.1, -0.05) is 55.5 Å². The van der Waals surface area contributed by atoms with Crippen LogP contribution in [0.3, 0.4) is 0 Å². The summed E-state index contributed by atoms with van der Waals surface area (Å²) < 4.78 is 22.8. The molecule has 2 fully saturated rings. The minimum absolute atomic E-state index is 0.0286. The number of anilines is 2. The van der Waals surface area contributed by atoms with Crippen molar-refractivity contribution in [3.63, 3.8) is 0 Å². The largest absolute Gasteiger partial charge is 0.394 e. The van der Waals surface area contributed by atoms with E-state index in [1.807, 2.05) is 61.5 Å². The Bertz CT molecular complexity index is 1580. The van der Waals surface area contributed by atoms with Crippen LogP contribution in [0.2, 0.25) is 18.6 Å². The van der Waals surface area contributed by atoms with Crippen LogP contribution in [0.25, 0.3) is 0 Å². The zero-order valence-electron chi connectivity index (χ0n) is 25.9. The Labute approximate surface area is 264 Å². The molecular weight excluding hydrogens is 589 g/mol. The van der Waals surface area contributed by atoms with Crippen molar-refractivity contribution in [1.82, 2.24) is 4.90 Å². The van der Waals surface area contributed by atoms with Crippen molar-refractivity contribution in [3.05, 3.63) is 95.6 Å². The average molecular weight is 630 g/mol. The van der Waals surface area contributed by atoms with E-state index in [2.05, 4.69) is 5.32 Å². The maximum absolute atomic E-state index is 16.1. The topological polar surface area (TPSA) is 99.2 Å². The number of hydrogen-bond donors (Lipinski definition) is 2. The monoisotopic (exact) mass is 629 g/mol. The van der Waals surface area contributed by atoms with Gasteiger partial charge in [-0.2, -0.15) is 0 Å². The number of fused-ring (bicyclic) bond motifs is 2. The highest BCUT2D eigenvalue weighted by atomic mass is 28.4. The number of benzene rings is 3. The quantitative estimate of drug-likeness (QED) is 0.249. The van der Waals surface area contributed by atoms with Gasteiger partial charge in [-0.15, -0.1) is 0 Å². The van der Waals surface area contributed by atoms with E-state index in [0.717, 1.165) is 18.4 Å². The Kier molecular flexibility index (Phi) is 8.40. The molecule has 2 saturated heterocycles.